The number of aryl methyl sites for hydroxylation is 1. The van der Waals surface area contributed by atoms with Gasteiger partial charge in [-0.1, -0.05) is 48.5 Å². The molecule has 0 aliphatic rings. The number of nitrogens with zero attached hydrogens (tertiary/aromatic N) is 1. The minimum atomic E-state index is -0.329. The molecule has 0 spiro atoms. The Hall–Kier alpha value is -4.49. The predicted octanol–water partition coefficient (Wildman–Crippen LogP) is 6.30. The molecule has 0 saturated carbocycles. The summed E-state index contributed by atoms with van der Waals surface area (Å²) in [5.74, 6) is -0.0295. The summed E-state index contributed by atoms with van der Waals surface area (Å²) in [6, 6.07) is 27.9. The highest BCUT2D eigenvalue weighted by atomic mass is 32.1. The number of carbonyl (C=O) groups excluding carboxylic acids is 1. The number of hydrogen-bond acceptors (Lipinski definition) is 5. The van der Waals surface area contributed by atoms with E-state index in [0.717, 1.165) is 16.7 Å². The lowest BCUT2D eigenvalue weighted by Crippen LogP contribution is -2.34. The van der Waals surface area contributed by atoms with Crippen molar-refractivity contribution in [3.05, 3.63) is 102 Å². The average Bonchev–Trinajstić information content (AvgIpc) is 3.27. The Balaban J connectivity index is 1.25. The van der Waals surface area contributed by atoms with Crippen LogP contribution in [0.1, 0.15) is 15.9 Å². The molecule has 5 aromatic rings. The highest BCUT2D eigenvalue weighted by Crippen LogP contribution is 2.33. The van der Waals surface area contributed by atoms with Crippen molar-refractivity contribution in [1.82, 2.24) is 10.3 Å². The number of fused-ring (bicyclic) bond motifs is 1. The molecule has 1 aromatic heterocycles. The largest absolute Gasteiger partial charge is 0.507 e. The zero-order valence-electron chi connectivity index (χ0n) is 18.8. The number of carbonyl (C=O) groups is 1. The van der Waals surface area contributed by atoms with Gasteiger partial charge in [-0.25, -0.2) is 4.98 Å². The van der Waals surface area contributed by atoms with Crippen LogP contribution in [0.4, 0.5) is 5.69 Å². The van der Waals surface area contributed by atoms with Gasteiger partial charge in [-0.3, -0.25) is 10.1 Å². The highest BCUT2D eigenvalue weighted by Gasteiger charge is 2.14. The number of phenolic OH excluding ortho intramolecular Hbond substituents is 1. The van der Waals surface area contributed by atoms with Crippen LogP contribution in [0.3, 0.4) is 0 Å². The molecule has 7 heteroatoms. The van der Waals surface area contributed by atoms with Gasteiger partial charge in [0.05, 0.1) is 5.56 Å². The van der Waals surface area contributed by atoms with Crippen LogP contribution >= 0.6 is 12.2 Å². The van der Waals surface area contributed by atoms with Crippen LogP contribution in [-0.4, -0.2) is 21.1 Å². The number of anilines is 1. The summed E-state index contributed by atoms with van der Waals surface area (Å²) in [6.45, 7) is 1.97. The third-order valence-corrected chi connectivity index (χ3v) is 5.72. The van der Waals surface area contributed by atoms with Gasteiger partial charge in [0.15, 0.2) is 10.7 Å². The number of hydrogen-bond donors (Lipinski definition) is 3. The normalized spacial score (nSPS) is 10.8. The van der Waals surface area contributed by atoms with E-state index in [2.05, 4.69) is 15.6 Å². The van der Waals surface area contributed by atoms with Gasteiger partial charge < -0.3 is 14.8 Å². The van der Waals surface area contributed by atoms with Gasteiger partial charge in [0.1, 0.15) is 11.3 Å². The molecular formula is C28H21N3O3S. The summed E-state index contributed by atoms with van der Waals surface area (Å²) >= 11 is 5.28. The van der Waals surface area contributed by atoms with E-state index >= 15 is 0 Å². The molecule has 6 nitrogen and oxygen atoms in total. The Morgan fingerprint density at radius 2 is 1.66 bits per heavy atom. The van der Waals surface area contributed by atoms with Gasteiger partial charge in [-0.2, -0.15) is 0 Å². The second-order valence-electron chi connectivity index (χ2n) is 8.07. The predicted molar refractivity (Wildman–Crippen MR) is 141 cm³/mol. The molecule has 1 amide bonds. The van der Waals surface area contributed by atoms with E-state index < -0.39 is 0 Å². The van der Waals surface area contributed by atoms with Gasteiger partial charge in [-0.15, -0.1) is 0 Å². The van der Waals surface area contributed by atoms with Crippen LogP contribution < -0.4 is 10.6 Å². The Kier molecular flexibility index (Phi) is 5.99. The fourth-order valence-corrected chi connectivity index (χ4v) is 3.93. The number of nitrogens with one attached hydrogen (secondary N) is 2. The van der Waals surface area contributed by atoms with Crippen molar-refractivity contribution in [3.8, 4) is 28.3 Å². The monoisotopic (exact) mass is 479 g/mol. The van der Waals surface area contributed by atoms with E-state index in [9.17, 15) is 9.90 Å². The van der Waals surface area contributed by atoms with Crippen molar-refractivity contribution < 1.29 is 14.3 Å². The highest BCUT2D eigenvalue weighted by molar-refractivity contribution is 7.80. The van der Waals surface area contributed by atoms with Crippen molar-refractivity contribution in [3.63, 3.8) is 0 Å². The Morgan fingerprint density at radius 3 is 2.40 bits per heavy atom. The van der Waals surface area contributed by atoms with Crippen molar-refractivity contribution in [2.45, 2.75) is 6.92 Å². The van der Waals surface area contributed by atoms with E-state index in [1.165, 1.54) is 6.07 Å². The Labute approximate surface area is 207 Å². The van der Waals surface area contributed by atoms with E-state index in [1.54, 1.807) is 24.3 Å². The molecule has 0 aliphatic heterocycles. The fraction of sp³-hybridized carbons (Fsp3) is 0.0357. The van der Waals surface area contributed by atoms with Gasteiger partial charge in [0.25, 0.3) is 5.91 Å². The average molecular weight is 480 g/mol. The Morgan fingerprint density at radius 1 is 0.914 bits per heavy atom. The van der Waals surface area contributed by atoms with Gasteiger partial charge in [0.2, 0.25) is 5.89 Å². The number of amides is 1. The summed E-state index contributed by atoms with van der Waals surface area (Å²) in [6.07, 6.45) is 0. The third-order valence-electron chi connectivity index (χ3n) is 5.51. The smallest absolute Gasteiger partial charge is 0.257 e. The van der Waals surface area contributed by atoms with E-state index in [4.69, 9.17) is 16.6 Å². The number of phenols is 1. The summed E-state index contributed by atoms with van der Waals surface area (Å²) < 4.78 is 5.80. The maximum Gasteiger partial charge on any atom is 0.257 e. The van der Waals surface area contributed by atoms with Crippen LogP contribution in [0.5, 0.6) is 5.75 Å². The second kappa shape index (κ2) is 9.40. The molecule has 0 unspecified atom stereocenters. The Bertz CT molecular complexity index is 1540. The zero-order chi connectivity index (χ0) is 24.4. The molecule has 0 atom stereocenters. The van der Waals surface area contributed by atoms with Crippen molar-refractivity contribution in [2.75, 3.05) is 5.32 Å². The van der Waals surface area contributed by atoms with Gasteiger partial charge >= 0.3 is 0 Å². The van der Waals surface area contributed by atoms with E-state index in [-0.39, 0.29) is 16.8 Å². The zero-order valence-corrected chi connectivity index (χ0v) is 19.6. The maximum absolute atomic E-state index is 12.6. The first-order valence-corrected chi connectivity index (χ1v) is 11.4. The van der Waals surface area contributed by atoms with Crippen molar-refractivity contribution in [2.24, 2.45) is 0 Å². The first-order chi connectivity index (χ1) is 17.0. The van der Waals surface area contributed by atoms with E-state index in [1.807, 2.05) is 67.6 Å². The number of thiocarbonyl (C=S) groups is 1. The minimum absolute atomic E-state index is 0.0242. The molecule has 1 heterocycles. The quantitative estimate of drug-likeness (QED) is 0.262. The topological polar surface area (TPSA) is 87.4 Å². The van der Waals surface area contributed by atoms with Crippen molar-refractivity contribution in [1.29, 1.82) is 0 Å². The fourth-order valence-electron chi connectivity index (χ4n) is 3.72. The maximum atomic E-state index is 12.6. The molecule has 0 fully saturated rings. The molecule has 0 radical (unpaired) electrons. The summed E-state index contributed by atoms with van der Waals surface area (Å²) in [4.78, 5) is 17.0. The van der Waals surface area contributed by atoms with Crippen LogP contribution in [0.15, 0.2) is 95.4 Å². The molecule has 0 bridgehead atoms. The second-order valence-corrected chi connectivity index (χ2v) is 8.48. The standard InChI is InChI=1S/C28H21N3O3S/c1-17-7-14-23-25(15-17)34-27(30-23)22-13-12-21(16-24(22)32)29-28(35)31-26(33)20-10-8-19(9-11-20)18-5-3-2-4-6-18/h2-16,32H,1H3,(H2,29,31,33,35). The summed E-state index contributed by atoms with van der Waals surface area (Å²) in [7, 11) is 0. The molecule has 35 heavy (non-hydrogen) atoms. The summed E-state index contributed by atoms with van der Waals surface area (Å²) in [5, 5.41) is 16.2. The van der Waals surface area contributed by atoms with Crippen LogP contribution in [0.25, 0.3) is 33.7 Å². The SMILES string of the molecule is Cc1ccc2nc(-c3ccc(NC(=S)NC(=O)c4ccc(-c5ccccc5)cc4)cc3O)oc2c1. The number of rotatable bonds is 4. The molecule has 4 aromatic carbocycles. The van der Waals surface area contributed by atoms with Crippen LogP contribution in [-0.2, 0) is 0 Å². The number of aromatic nitrogens is 1. The molecule has 172 valence electrons. The van der Waals surface area contributed by atoms with Crippen LogP contribution in [0, 0.1) is 6.92 Å². The molecule has 0 saturated heterocycles. The lowest BCUT2D eigenvalue weighted by atomic mass is 10.0. The van der Waals surface area contributed by atoms with E-state index in [0.29, 0.717) is 33.8 Å². The van der Waals surface area contributed by atoms with Gasteiger partial charge in [0, 0.05) is 17.3 Å². The van der Waals surface area contributed by atoms with Gasteiger partial charge in [-0.05, 0) is 72.2 Å². The first kappa shape index (κ1) is 22.3. The third kappa shape index (κ3) is 4.90. The van der Waals surface area contributed by atoms with Crippen LogP contribution in [0.2, 0.25) is 0 Å². The lowest BCUT2D eigenvalue weighted by Gasteiger charge is -2.11. The number of aromatic hydroxyl groups is 1. The summed E-state index contributed by atoms with van der Waals surface area (Å²) in [5.41, 5.74) is 5.99. The number of benzene rings is 4. The number of oxazole rings is 1. The lowest BCUT2D eigenvalue weighted by molar-refractivity contribution is 0.0977. The van der Waals surface area contributed by atoms with Crippen molar-refractivity contribution >= 4 is 40.0 Å². The molecule has 0 aliphatic carbocycles. The first-order valence-electron chi connectivity index (χ1n) is 10.9. The minimum Gasteiger partial charge on any atom is -0.507 e. The molecule has 3 N–H and O–H groups in total. The molecular weight excluding hydrogens is 458 g/mol. The molecule has 5 rings (SSSR count).